The van der Waals surface area contributed by atoms with Gasteiger partial charge in [-0.25, -0.2) is 4.98 Å². The van der Waals surface area contributed by atoms with Gasteiger partial charge in [0.2, 0.25) is 0 Å². The van der Waals surface area contributed by atoms with E-state index in [-0.39, 0.29) is 5.91 Å². The minimum atomic E-state index is -0.225. The van der Waals surface area contributed by atoms with Crippen LogP contribution in [-0.2, 0) is 13.1 Å². The van der Waals surface area contributed by atoms with Crippen LogP contribution < -0.4 is 5.32 Å². The topological polar surface area (TPSA) is 46.9 Å². The van der Waals surface area contributed by atoms with Gasteiger partial charge >= 0.3 is 0 Å². The molecule has 0 atom stereocenters. The lowest BCUT2D eigenvalue weighted by atomic mass is 10.1. The number of amides is 1. The molecule has 0 saturated carbocycles. The Morgan fingerprint density at radius 2 is 1.81 bits per heavy atom. The highest BCUT2D eigenvalue weighted by molar-refractivity contribution is 7.20. The van der Waals surface area contributed by atoms with Gasteiger partial charge in [-0.3, -0.25) is 4.79 Å². The molecule has 0 fully saturated rings. The van der Waals surface area contributed by atoms with Crippen LogP contribution in [0.2, 0.25) is 8.67 Å². The maximum Gasteiger partial charge on any atom is 0.253 e. The molecule has 1 N–H and O–H groups in total. The molecule has 7 heteroatoms. The Morgan fingerprint density at radius 1 is 1.07 bits per heavy atom. The van der Waals surface area contributed by atoms with Crippen LogP contribution >= 0.6 is 34.5 Å². The third-order valence-electron chi connectivity index (χ3n) is 4.26. The molecule has 0 radical (unpaired) electrons. The van der Waals surface area contributed by atoms with Crippen molar-refractivity contribution in [1.82, 2.24) is 14.9 Å². The third kappa shape index (κ3) is 4.00. The molecule has 1 amide bonds. The molecule has 2 heterocycles. The quantitative estimate of drug-likeness (QED) is 0.475. The molecular formula is C20H15Cl2N3OS. The van der Waals surface area contributed by atoms with Crippen LogP contribution in [0.25, 0.3) is 11.0 Å². The number of halogens is 2. The minimum absolute atomic E-state index is 0.225. The average Bonchev–Trinajstić information content (AvgIpc) is 3.23. The van der Waals surface area contributed by atoms with E-state index in [1.165, 1.54) is 16.9 Å². The molecule has 0 bridgehead atoms. The van der Waals surface area contributed by atoms with Gasteiger partial charge in [0, 0.05) is 13.1 Å². The Hall–Kier alpha value is -2.34. The van der Waals surface area contributed by atoms with Crippen LogP contribution in [0.4, 0.5) is 0 Å². The first kappa shape index (κ1) is 18.0. The Morgan fingerprint density at radius 3 is 2.56 bits per heavy atom. The van der Waals surface area contributed by atoms with Gasteiger partial charge in [-0.2, -0.15) is 0 Å². The Bertz CT molecular complexity index is 1100. The van der Waals surface area contributed by atoms with E-state index < -0.39 is 0 Å². The first-order chi connectivity index (χ1) is 13.1. The summed E-state index contributed by atoms with van der Waals surface area (Å²) < 4.78 is 3.02. The number of thiophene rings is 1. The molecule has 136 valence electrons. The zero-order valence-electron chi connectivity index (χ0n) is 14.2. The van der Waals surface area contributed by atoms with Crippen LogP contribution in [0.5, 0.6) is 0 Å². The van der Waals surface area contributed by atoms with Crippen LogP contribution in [0.3, 0.4) is 0 Å². The van der Waals surface area contributed by atoms with Crippen molar-refractivity contribution in [2.45, 2.75) is 13.1 Å². The summed E-state index contributed by atoms with van der Waals surface area (Å²) in [5.41, 5.74) is 4.69. The van der Waals surface area contributed by atoms with Crippen molar-refractivity contribution in [3.63, 3.8) is 0 Å². The zero-order chi connectivity index (χ0) is 18.8. The molecule has 0 spiro atoms. The number of rotatable bonds is 5. The summed E-state index contributed by atoms with van der Waals surface area (Å²) in [4.78, 5) is 16.6. The summed E-state index contributed by atoms with van der Waals surface area (Å²) >= 11 is 13.1. The van der Waals surface area contributed by atoms with E-state index in [9.17, 15) is 4.79 Å². The summed E-state index contributed by atoms with van der Waals surface area (Å²) in [5.74, 6) is -0.225. The molecule has 0 unspecified atom stereocenters. The average molecular weight is 416 g/mol. The summed E-state index contributed by atoms with van der Waals surface area (Å²) in [6.07, 6.45) is 1.86. The van der Waals surface area contributed by atoms with E-state index in [0.29, 0.717) is 20.8 Å². The molecule has 2 aromatic heterocycles. The van der Waals surface area contributed by atoms with E-state index in [1.54, 1.807) is 6.07 Å². The second-order valence-corrected chi connectivity index (χ2v) is 8.38. The van der Waals surface area contributed by atoms with Gasteiger partial charge in [-0.15, -0.1) is 11.3 Å². The van der Waals surface area contributed by atoms with Gasteiger partial charge in [0.25, 0.3) is 5.91 Å². The van der Waals surface area contributed by atoms with Crippen molar-refractivity contribution in [3.05, 3.63) is 86.3 Å². The molecule has 27 heavy (non-hydrogen) atoms. The molecule has 4 rings (SSSR count). The Labute approximate surface area is 170 Å². The lowest BCUT2D eigenvalue weighted by Crippen LogP contribution is -2.22. The third-order valence-corrected chi connectivity index (χ3v) is 5.75. The summed E-state index contributed by atoms with van der Waals surface area (Å²) in [5, 5.41) is 2.87. The SMILES string of the molecule is O=C(NCc1ccc(Cn2cnc3ccccc32)cc1)c1cc(Cl)sc1Cl. The van der Waals surface area contributed by atoms with Crippen molar-refractivity contribution >= 4 is 51.5 Å². The number of carbonyl (C=O) groups excluding carboxylic acids is 1. The number of nitrogens with zero attached hydrogens (tertiary/aromatic N) is 2. The number of hydrogen-bond acceptors (Lipinski definition) is 3. The number of para-hydroxylation sites is 2. The van der Waals surface area contributed by atoms with Crippen molar-refractivity contribution < 1.29 is 4.79 Å². The molecule has 4 aromatic rings. The van der Waals surface area contributed by atoms with Crippen molar-refractivity contribution in [3.8, 4) is 0 Å². The predicted octanol–water partition coefficient (Wildman–Crippen LogP) is 5.38. The molecule has 0 aliphatic heterocycles. The maximum absolute atomic E-state index is 12.2. The van der Waals surface area contributed by atoms with Gasteiger partial charge in [-0.05, 0) is 29.3 Å². The maximum atomic E-state index is 12.2. The lowest BCUT2D eigenvalue weighted by Gasteiger charge is -2.08. The first-order valence-electron chi connectivity index (χ1n) is 8.31. The molecule has 0 aliphatic carbocycles. The summed E-state index contributed by atoms with van der Waals surface area (Å²) in [6, 6.07) is 17.8. The number of aromatic nitrogens is 2. The molecule has 4 nitrogen and oxygen atoms in total. The Kier molecular flexibility index (Phi) is 5.16. The van der Waals surface area contributed by atoms with E-state index in [4.69, 9.17) is 23.2 Å². The highest BCUT2D eigenvalue weighted by atomic mass is 35.5. The van der Waals surface area contributed by atoms with Gasteiger partial charge in [0.05, 0.1) is 27.3 Å². The standard InChI is InChI=1S/C20H15Cl2N3OS/c21-18-9-15(19(22)27-18)20(26)23-10-13-5-7-14(8-6-13)11-25-12-24-16-3-1-2-4-17(16)25/h1-9,12H,10-11H2,(H,23,26). The summed E-state index contributed by atoms with van der Waals surface area (Å²) in [7, 11) is 0. The number of benzene rings is 2. The van der Waals surface area contributed by atoms with E-state index in [0.717, 1.165) is 23.1 Å². The molecule has 0 saturated heterocycles. The molecule has 0 aliphatic rings. The van der Waals surface area contributed by atoms with Crippen molar-refractivity contribution in [1.29, 1.82) is 0 Å². The van der Waals surface area contributed by atoms with E-state index >= 15 is 0 Å². The van der Waals surface area contributed by atoms with Crippen LogP contribution in [0.1, 0.15) is 21.5 Å². The number of nitrogens with one attached hydrogen (secondary N) is 1. The van der Waals surface area contributed by atoms with E-state index in [1.807, 2.05) is 36.7 Å². The van der Waals surface area contributed by atoms with Crippen LogP contribution in [-0.4, -0.2) is 15.5 Å². The monoisotopic (exact) mass is 415 g/mol. The smallest absolute Gasteiger partial charge is 0.253 e. The normalized spacial score (nSPS) is 11.0. The molecular weight excluding hydrogens is 401 g/mol. The zero-order valence-corrected chi connectivity index (χ0v) is 16.5. The van der Waals surface area contributed by atoms with Gasteiger partial charge < -0.3 is 9.88 Å². The minimum Gasteiger partial charge on any atom is -0.348 e. The fourth-order valence-corrected chi connectivity index (χ4v) is 4.33. The molecule has 2 aromatic carbocycles. The first-order valence-corrected chi connectivity index (χ1v) is 9.88. The number of hydrogen-bond donors (Lipinski definition) is 1. The number of imidazole rings is 1. The summed E-state index contributed by atoms with van der Waals surface area (Å²) in [6.45, 7) is 1.17. The van der Waals surface area contributed by atoms with E-state index in [2.05, 4.69) is 33.1 Å². The van der Waals surface area contributed by atoms with Gasteiger partial charge in [-0.1, -0.05) is 59.6 Å². The van der Waals surface area contributed by atoms with Crippen molar-refractivity contribution in [2.75, 3.05) is 0 Å². The highest BCUT2D eigenvalue weighted by Crippen LogP contribution is 2.31. The van der Waals surface area contributed by atoms with Gasteiger partial charge in [0.1, 0.15) is 4.34 Å². The second-order valence-electron chi connectivity index (χ2n) is 6.10. The fourth-order valence-electron chi connectivity index (χ4n) is 2.87. The largest absolute Gasteiger partial charge is 0.348 e. The van der Waals surface area contributed by atoms with Crippen LogP contribution in [0, 0.1) is 0 Å². The fraction of sp³-hybridized carbons (Fsp3) is 0.100. The lowest BCUT2D eigenvalue weighted by molar-refractivity contribution is 0.0951. The Balaban J connectivity index is 1.40. The van der Waals surface area contributed by atoms with Gasteiger partial charge in [0.15, 0.2) is 0 Å². The second kappa shape index (κ2) is 7.72. The van der Waals surface area contributed by atoms with Crippen LogP contribution in [0.15, 0.2) is 60.9 Å². The highest BCUT2D eigenvalue weighted by Gasteiger charge is 2.13. The predicted molar refractivity (Wildman–Crippen MR) is 111 cm³/mol. The van der Waals surface area contributed by atoms with Crippen molar-refractivity contribution in [2.24, 2.45) is 0 Å². The number of fused-ring (bicyclic) bond motifs is 1. The number of carbonyl (C=O) groups is 1.